The van der Waals surface area contributed by atoms with Crippen LogP contribution in [0.3, 0.4) is 0 Å². The van der Waals surface area contributed by atoms with Gasteiger partial charge in [0.15, 0.2) is 5.78 Å². The van der Waals surface area contributed by atoms with Gasteiger partial charge in [0.1, 0.15) is 5.82 Å². The van der Waals surface area contributed by atoms with Gasteiger partial charge in [-0.2, -0.15) is 0 Å². The molecule has 1 aliphatic heterocycles. The van der Waals surface area contributed by atoms with Crippen molar-refractivity contribution in [2.45, 2.75) is 13.3 Å². The van der Waals surface area contributed by atoms with Gasteiger partial charge in [-0.1, -0.05) is 12.1 Å². The Morgan fingerprint density at radius 2 is 2.05 bits per heavy atom. The van der Waals surface area contributed by atoms with Gasteiger partial charge in [-0.15, -0.1) is 0 Å². The van der Waals surface area contributed by atoms with E-state index in [9.17, 15) is 9.18 Å². The second-order valence-electron chi connectivity index (χ2n) is 4.84. The van der Waals surface area contributed by atoms with E-state index in [1.807, 2.05) is 18.2 Å². The second-order valence-corrected chi connectivity index (χ2v) is 4.84. The Bertz CT molecular complexity index is 664. The highest BCUT2D eigenvalue weighted by Gasteiger charge is 2.16. The first-order chi connectivity index (χ1) is 9.15. The van der Waals surface area contributed by atoms with Crippen molar-refractivity contribution < 1.29 is 9.18 Å². The zero-order chi connectivity index (χ0) is 13.4. The Hall–Kier alpha value is -2.16. The number of fused-ring (bicyclic) bond motifs is 1. The minimum absolute atomic E-state index is 0.0611. The molecule has 0 unspecified atom stereocenters. The number of benzene rings is 2. The van der Waals surface area contributed by atoms with Crippen molar-refractivity contribution in [3.05, 3.63) is 64.5 Å². The number of anilines is 1. The summed E-state index contributed by atoms with van der Waals surface area (Å²) in [6, 6.07) is 9.98. The van der Waals surface area contributed by atoms with Gasteiger partial charge in [0, 0.05) is 23.4 Å². The molecule has 3 rings (SSSR count). The summed E-state index contributed by atoms with van der Waals surface area (Å²) in [5.74, 6) is -0.376. The summed E-state index contributed by atoms with van der Waals surface area (Å²) in [6.45, 7) is 2.67. The lowest BCUT2D eigenvalue weighted by molar-refractivity contribution is 0.103. The number of carbonyl (C=O) groups excluding carboxylic acids is 1. The van der Waals surface area contributed by atoms with Crippen LogP contribution >= 0.6 is 0 Å². The van der Waals surface area contributed by atoms with Gasteiger partial charge in [-0.3, -0.25) is 4.79 Å². The van der Waals surface area contributed by atoms with Crippen LogP contribution in [0.1, 0.15) is 27.0 Å². The van der Waals surface area contributed by atoms with Crippen LogP contribution < -0.4 is 5.32 Å². The van der Waals surface area contributed by atoms with Gasteiger partial charge in [0.2, 0.25) is 0 Å². The molecular weight excluding hydrogens is 241 g/mol. The van der Waals surface area contributed by atoms with Crippen molar-refractivity contribution in [3.8, 4) is 0 Å². The molecule has 0 bridgehead atoms. The Kier molecular flexibility index (Phi) is 2.82. The van der Waals surface area contributed by atoms with E-state index in [4.69, 9.17) is 0 Å². The molecule has 0 fully saturated rings. The number of aryl methyl sites for hydroxylation is 1. The third-order valence-corrected chi connectivity index (χ3v) is 3.51. The molecule has 0 saturated carbocycles. The highest BCUT2D eigenvalue weighted by atomic mass is 19.1. The number of carbonyl (C=O) groups is 1. The van der Waals surface area contributed by atoms with Crippen LogP contribution in [0.4, 0.5) is 10.1 Å². The van der Waals surface area contributed by atoms with Crippen LogP contribution in [0.15, 0.2) is 36.4 Å². The standard InChI is InChI=1S/C16H14FNO/c1-10-8-13(17)4-5-14(10)16(19)12-3-2-11-6-7-18-15(11)9-12/h2-5,8-9,18H,6-7H2,1H3. The monoisotopic (exact) mass is 255 g/mol. The number of rotatable bonds is 2. The molecule has 2 aromatic carbocycles. The van der Waals surface area contributed by atoms with Gasteiger partial charge in [-0.25, -0.2) is 4.39 Å². The highest BCUT2D eigenvalue weighted by molar-refractivity contribution is 6.10. The van der Waals surface area contributed by atoms with Crippen molar-refractivity contribution in [2.24, 2.45) is 0 Å². The van der Waals surface area contributed by atoms with Gasteiger partial charge >= 0.3 is 0 Å². The lowest BCUT2D eigenvalue weighted by atomic mass is 9.97. The molecule has 0 amide bonds. The summed E-state index contributed by atoms with van der Waals surface area (Å²) in [7, 11) is 0. The fourth-order valence-corrected chi connectivity index (χ4v) is 2.47. The molecular formula is C16H14FNO. The fourth-order valence-electron chi connectivity index (χ4n) is 2.47. The highest BCUT2D eigenvalue weighted by Crippen LogP contribution is 2.25. The van der Waals surface area contributed by atoms with E-state index >= 15 is 0 Å². The van der Waals surface area contributed by atoms with E-state index < -0.39 is 0 Å². The molecule has 1 heterocycles. The van der Waals surface area contributed by atoms with E-state index in [2.05, 4.69) is 5.32 Å². The summed E-state index contributed by atoms with van der Waals surface area (Å²) in [4.78, 5) is 12.4. The van der Waals surface area contributed by atoms with Crippen molar-refractivity contribution in [3.63, 3.8) is 0 Å². The van der Waals surface area contributed by atoms with Crippen molar-refractivity contribution in [1.29, 1.82) is 0 Å². The second kappa shape index (κ2) is 4.50. The lowest BCUT2D eigenvalue weighted by Crippen LogP contribution is -2.04. The van der Waals surface area contributed by atoms with Crippen LogP contribution in [0.2, 0.25) is 0 Å². The average molecular weight is 255 g/mol. The molecule has 0 aliphatic carbocycles. The van der Waals surface area contributed by atoms with Crippen LogP contribution in [-0.4, -0.2) is 12.3 Å². The van der Waals surface area contributed by atoms with E-state index in [0.29, 0.717) is 16.7 Å². The van der Waals surface area contributed by atoms with E-state index in [1.54, 1.807) is 13.0 Å². The molecule has 19 heavy (non-hydrogen) atoms. The average Bonchev–Trinajstić information content (AvgIpc) is 2.85. The first kappa shape index (κ1) is 11.9. The SMILES string of the molecule is Cc1cc(F)ccc1C(=O)c1ccc2c(c1)NCC2. The van der Waals surface area contributed by atoms with Crippen LogP contribution in [0, 0.1) is 12.7 Å². The summed E-state index contributed by atoms with van der Waals surface area (Å²) in [6.07, 6.45) is 0.999. The summed E-state index contributed by atoms with van der Waals surface area (Å²) < 4.78 is 13.1. The topological polar surface area (TPSA) is 29.1 Å². The molecule has 0 spiro atoms. The Balaban J connectivity index is 2.00. The maximum absolute atomic E-state index is 13.1. The number of halogens is 1. The lowest BCUT2D eigenvalue weighted by Gasteiger charge is -2.07. The molecule has 2 aromatic rings. The summed E-state index contributed by atoms with van der Waals surface area (Å²) >= 11 is 0. The molecule has 2 nitrogen and oxygen atoms in total. The number of hydrogen-bond acceptors (Lipinski definition) is 2. The number of nitrogens with one attached hydrogen (secondary N) is 1. The summed E-state index contributed by atoms with van der Waals surface area (Å²) in [5.41, 5.74) is 4.14. The zero-order valence-corrected chi connectivity index (χ0v) is 10.7. The molecule has 1 aliphatic rings. The van der Waals surface area contributed by atoms with E-state index in [0.717, 1.165) is 18.7 Å². The van der Waals surface area contributed by atoms with Crippen molar-refractivity contribution in [1.82, 2.24) is 0 Å². The number of ketones is 1. The van der Waals surface area contributed by atoms with Crippen LogP contribution in [0.5, 0.6) is 0 Å². The molecule has 0 saturated heterocycles. The van der Waals surface area contributed by atoms with Gasteiger partial charge < -0.3 is 5.32 Å². The van der Waals surface area contributed by atoms with Gasteiger partial charge in [0.05, 0.1) is 0 Å². The minimum atomic E-state index is -0.315. The van der Waals surface area contributed by atoms with E-state index in [-0.39, 0.29) is 11.6 Å². The first-order valence-corrected chi connectivity index (χ1v) is 6.33. The van der Waals surface area contributed by atoms with Crippen LogP contribution in [-0.2, 0) is 6.42 Å². The molecule has 96 valence electrons. The number of hydrogen-bond donors (Lipinski definition) is 1. The first-order valence-electron chi connectivity index (χ1n) is 6.33. The predicted octanol–water partition coefficient (Wildman–Crippen LogP) is 3.33. The van der Waals surface area contributed by atoms with E-state index in [1.165, 1.54) is 17.7 Å². The minimum Gasteiger partial charge on any atom is -0.384 e. The molecule has 3 heteroatoms. The third kappa shape index (κ3) is 2.12. The Morgan fingerprint density at radius 1 is 1.21 bits per heavy atom. The maximum atomic E-state index is 13.1. The zero-order valence-electron chi connectivity index (χ0n) is 10.7. The van der Waals surface area contributed by atoms with Crippen molar-refractivity contribution in [2.75, 3.05) is 11.9 Å². The van der Waals surface area contributed by atoms with Gasteiger partial charge in [0.25, 0.3) is 0 Å². The Labute approximate surface area is 111 Å². The van der Waals surface area contributed by atoms with Crippen LogP contribution in [0.25, 0.3) is 0 Å². The smallest absolute Gasteiger partial charge is 0.193 e. The summed E-state index contributed by atoms with van der Waals surface area (Å²) in [5, 5.41) is 3.26. The predicted molar refractivity (Wildman–Crippen MR) is 73.2 cm³/mol. The quantitative estimate of drug-likeness (QED) is 0.834. The Morgan fingerprint density at radius 3 is 2.84 bits per heavy atom. The maximum Gasteiger partial charge on any atom is 0.193 e. The normalized spacial score (nSPS) is 12.9. The fraction of sp³-hybridized carbons (Fsp3) is 0.188. The molecule has 0 atom stereocenters. The molecule has 0 aromatic heterocycles. The molecule has 0 radical (unpaired) electrons. The largest absolute Gasteiger partial charge is 0.384 e. The third-order valence-electron chi connectivity index (χ3n) is 3.51. The van der Waals surface area contributed by atoms with Gasteiger partial charge in [-0.05, 0) is 48.7 Å². The van der Waals surface area contributed by atoms with Crippen molar-refractivity contribution >= 4 is 11.5 Å². The molecule has 1 N–H and O–H groups in total.